The third-order valence-corrected chi connectivity index (χ3v) is 5.49. The molecular weight excluding hydrogens is 365 g/mol. The summed E-state index contributed by atoms with van der Waals surface area (Å²) in [4.78, 5) is 11.7. The van der Waals surface area contributed by atoms with Crippen molar-refractivity contribution < 1.29 is 53.9 Å². The van der Waals surface area contributed by atoms with Crippen LogP contribution < -0.4 is 34.9 Å². The normalized spacial score (nSPS) is 13.7. The Bertz CT molecular complexity index is 449. The second-order valence-corrected chi connectivity index (χ2v) is 8.46. The molecule has 26 heavy (non-hydrogen) atoms. The van der Waals surface area contributed by atoms with Crippen LogP contribution >= 0.6 is 0 Å². The molecule has 0 heterocycles. The van der Waals surface area contributed by atoms with Gasteiger partial charge < -0.3 is 11.8 Å². The summed E-state index contributed by atoms with van der Waals surface area (Å²) < 4.78 is 31.8. The fourth-order valence-corrected chi connectivity index (χ4v) is 3.69. The number of unbranched alkanes of at least 4 members (excludes halogenated alkanes) is 11. The van der Waals surface area contributed by atoms with Crippen LogP contribution in [-0.4, -0.2) is 35.5 Å². The van der Waals surface area contributed by atoms with Crippen molar-refractivity contribution in [3.05, 3.63) is 0 Å². The van der Waals surface area contributed by atoms with Crippen LogP contribution in [0.4, 0.5) is 0 Å². The minimum Gasteiger partial charge on any atom is -1.00 e. The summed E-state index contributed by atoms with van der Waals surface area (Å²) in [5.74, 6) is -0.847. The van der Waals surface area contributed by atoms with Gasteiger partial charge >= 0.3 is 29.6 Å². The number of carbonyl (C=O) groups is 1. The quantitative estimate of drug-likeness (QED) is 0.154. The first-order chi connectivity index (χ1) is 11.8. The van der Waals surface area contributed by atoms with Crippen molar-refractivity contribution in [3.8, 4) is 0 Å². The van der Waals surface area contributed by atoms with Crippen LogP contribution in [0.5, 0.6) is 0 Å². The SMILES string of the molecule is CCCCCCCCCCCCCCC(C(=O)NC(C)O)S(=O)(=O)O.[H-].[Na+]. The van der Waals surface area contributed by atoms with Gasteiger partial charge in [-0.2, -0.15) is 8.42 Å². The van der Waals surface area contributed by atoms with Gasteiger partial charge in [-0.1, -0.05) is 84.0 Å². The van der Waals surface area contributed by atoms with Crippen LogP contribution in [0.25, 0.3) is 0 Å². The maximum absolute atomic E-state index is 11.7. The third kappa shape index (κ3) is 16.5. The molecule has 0 fully saturated rings. The molecule has 0 saturated carbocycles. The molecule has 6 nitrogen and oxygen atoms in total. The number of carbonyl (C=O) groups excluding carboxylic acids is 1. The number of rotatable bonds is 16. The fraction of sp³-hybridized carbons (Fsp3) is 0.944. The molecule has 8 heteroatoms. The van der Waals surface area contributed by atoms with Crippen LogP contribution in [0.2, 0.25) is 0 Å². The van der Waals surface area contributed by atoms with E-state index in [9.17, 15) is 13.2 Å². The standard InChI is InChI=1S/C18H37NO5S.Na.H/c1-3-4-5-6-7-8-9-10-11-12-13-14-15-17(25(22,23)24)18(21)19-16(2)20;;/h16-17,20H,3-15H2,1-2H3,(H,19,21)(H,22,23,24);;/q;+1;-1. The average molecular weight is 404 g/mol. The van der Waals surface area contributed by atoms with Gasteiger partial charge in [0.2, 0.25) is 5.91 Å². The molecule has 0 bridgehead atoms. The molecule has 0 aromatic carbocycles. The first kappa shape index (κ1) is 28.5. The van der Waals surface area contributed by atoms with Crippen LogP contribution in [0.1, 0.15) is 98.7 Å². The Morgan fingerprint density at radius 2 is 1.31 bits per heavy atom. The fourth-order valence-electron chi connectivity index (χ4n) is 2.88. The van der Waals surface area contributed by atoms with Crippen molar-refractivity contribution in [1.82, 2.24) is 5.32 Å². The Balaban J connectivity index is -0.00000288. The molecular formula is C18H38NNaO5S. The Hall–Kier alpha value is 0.340. The van der Waals surface area contributed by atoms with Crippen molar-refractivity contribution in [2.75, 3.05) is 0 Å². The number of hydrogen-bond donors (Lipinski definition) is 3. The molecule has 0 spiro atoms. The van der Waals surface area contributed by atoms with Crippen molar-refractivity contribution >= 4 is 16.0 Å². The molecule has 0 aliphatic carbocycles. The second-order valence-electron chi connectivity index (χ2n) is 6.87. The van der Waals surface area contributed by atoms with Crippen LogP contribution in [0.3, 0.4) is 0 Å². The van der Waals surface area contributed by atoms with E-state index in [0.717, 1.165) is 19.3 Å². The third-order valence-electron chi connectivity index (χ3n) is 4.32. The molecule has 0 aliphatic rings. The molecule has 152 valence electrons. The maximum Gasteiger partial charge on any atom is 1.00 e. The average Bonchev–Trinajstić information content (AvgIpc) is 2.49. The Labute approximate surface area is 183 Å². The van der Waals surface area contributed by atoms with E-state index in [1.165, 1.54) is 58.3 Å². The molecule has 0 aliphatic heterocycles. The predicted octanol–water partition coefficient (Wildman–Crippen LogP) is 0.905. The van der Waals surface area contributed by atoms with Gasteiger partial charge in [0.15, 0.2) is 5.25 Å². The molecule has 0 aromatic heterocycles. The van der Waals surface area contributed by atoms with Gasteiger partial charge in [0.1, 0.15) is 6.23 Å². The summed E-state index contributed by atoms with van der Waals surface area (Å²) in [5, 5.41) is 9.73. The molecule has 0 aromatic rings. The largest absolute Gasteiger partial charge is 1.00 e. The van der Waals surface area contributed by atoms with Crippen LogP contribution in [-0.2, 0) is 14.9 Å². The van der Waals surface area contributed by atoms with Crippen LogP contribution in [0, 0.1) is 0 Å². The van der Waals surface area contributed by atoms with Crippen molar-refractivity contribution in [1.29, 1.82) is 0 Å². The van der Waals surface area contributed by atoms with E-state index in [0.29, 0.717) is 6.42 Å². The molecule has 2 unspecified atom stereocenters. The zero-order chi connectivity index (χ0) is 19.1. The number of amides is 1. The minimum absolute atomic E-state index is 0. The van der Waals surface area contributed by atoms with E-state index in [1.807, 2.05) is 0 Å². The minimum atomic E-state index is -4.45. The number of hydrogen-bond acceptors (Lipinski definition) is 4. The van der Waals surface area contributed by atoms with Gasteiger partial charge in [-0.05, 0) is 13.3 Å². The van der Waals surface area contributed by atoms with E-state index in [1.54, 1.807) is 0 Å². The van der Waals surface area contributed by atoms with E-state index in [4.69, 9.17) is 9.66 Å². The zero-order valence-corrected chi connectivity index (χ0v) is 19.7. The first-order valence-corrected chi connectivity index (χ1v) is 11.2. The summed E-state index contributed by atoms with van der Waals surface area (Å²) in [6.45, 7) is 3.54. The Morgan fingerprint density at radius 3 is 1.65 bits per heavy atom. The zero-order valence-electron chi connectivity index (χ0n) is 17.9. The Morgan fingerprint density at radius 1 is 0.923 bits per heavy atom. The van der Waals surface area contributed by atoms with Gasteiger partial charge in [-0.25, -0.2) is 0 Å². The summed E-state index contributed by atoms with van der Waals surface area (Å²) in [6, 6.07) is 0. The topological polar surface area (TPSA) is 104 Å². The van der Waals surface area contributed by atoms with Gasteiger partial charge in [0.25, 0.3) is 10.1 Å². The summed E-state index contributed by atoms with van der Waals surface area (Å²) in [6.07, 6.45) is 12.8. The van der Waals surface area contributed by atoms with Crippen molar-refractivity contribution in [2.45, 2.75) is 109 Å². The molecule has 3 N–H and O–H groups in total. The van der Waals surface area contributed by atoms with Gasteiger partial charge in [0.05, 0.1) is 0 Å². The summed E-state index contributed by atoms with van der Waals surface area (Å²) >= 11 is 0. The van der Waals surface area contributed by atoms with Gasteiger partial charge in [-0.15, -0.1) is 0 Å². The summed E-state index contributed by atoms with van der Waals surface area (Å²) in [5.41, 5.74) is 0. The van der Waals surface area contributed by atoms with Gasteiger partial charge in [0, 0.05) is 0 Å². The monoisotopic (exact) mass is 403 g/mol. The van der Waals surface area contributed by atoms with E-state index in [-0.39, 0.29) is 37.4 Å². The van der Waals surface area contributed by atoms with Crippen LogP contribution in [0.15, 0.2) is 0 Å². The molecule has 2 atom stereocenters. The van der Waals surface area contributed by atoms with Gasteiger partial charge in [-0.3, -0.25) is 9.35 Å². The van der Waals surface area contributed by atoms with Crippen molar-refractivity contribution in [3.63, 3.8) is 0 Å². The maximum atomic E-state index is 11.7. The Kier molecular flexibility index (Phi) is 19.1. The molecule has 1 amide bonds. The first-order valence-electron chi connectivity index (χ1n) is 9.73. The molecule has 0 saturated heterocycles. The molecule has 0 radical (unpaired) electrons. The van der Waals surface area contributed by atoms with E-state index in [2.05, 4.69) is 12.2 Å². The predicted molar refractivity (Wildman–Crippen MR) is 102 cm³/mol. The smallest absolute Gasteiger partial charge is 1.00 e. The van der Waals surface area contributed by atoms with Crippen molar-refractivity contribution in [2.24, 2.45) is 0 Å². The summed E-state index contributed by atoms with van der Waals surface area (Å²) in [7, 11) is -4.45. The van der Waals surface area contributed by atoms with E-state index >= 15 is 0 Å². The number of aliphatic hydroxyl groups is 1. The number of nitrogens with one attached hydrogen (secondary N) is 1. The number of aliphatic hydroxyl groups excluding tert-OH is 1. The van der Waals surface area contributed by atoms with E-state index < -0.39 is 27.5 Å². The second kappa shape index (κ2) is 17.4. The molecule has 0 rings (SSSR count).